The number of ether oxygens (including phenoxy) is 1. The van der Waals surface area contributed by atoms with Crippen molar-refractivity contribution in [3.8, 4) is 5.75 Å². The van der Waals surface area contributed by atoms with E-state index in [1.807, 2.05) is 6.92 Å². The molecule has 0 fully saturated rings. The number of benzene rings is 2. The van der Waals surface area contributed by atoms with E-state index in [4.69, 9.17) is 22.1 Å². The number of anilines is 1. The van der Waals surface area contributed by atoms with Gasteiger partial charge in [-0.1, -0.05) is 11.6 Å². The summed E-state index contributed by atoms with van der Waals surface area (Å²) >= 11 is 5.90. The Morgan fingerprint density at radius 2 is 1.84 bits per heavy atom. The van der Waals surface area contributed by atoms with Gasteiger partial charge in [0.05, 0.1) is 6.61 Å². The second kappa shape index (κ2) is 5.76. The number of carbonyl (C=O) groups excluding carboxylic acids is 1. The van der Waals surface area contributed by atoms with Crippen LogP contribution in [0.1, 0.15) is 22.8 Å². The lowest BCUT2D eigenvalue weighted by atomic mass is 10.0. The van der Waals surface area contributed by atoms with Crippen molar-refractivity contribution >= 4 is 23.1 Å². The van der Waals surface area contributed by atoms with Crippen LogP contribution in [0.15, 0.2) is 42.5 Å². The van der Waals surface area contributed by atoms with Crippen LogP contribution in [-0.4, -0.2) is 12.4 Å². The van der Waals surface area contributed by atoms with Crippen LogP contribution in [0, 0.1) is 0 Å². The molecule has 0 aliphatic carbocycles. The minimum Gasteiger partial charge on any atom is -0.494 e. The van der Waals surface area contributed by atoms with Crippen LogP contribution in [0.3, 0.4) is 0 Å². The van der Waals surface area contributed by atoms with Gasteiger partial charge in [0.2, 0.25) is 0 Å². The summed E-state index contributed by atoms with van der Waals surface area (Å²) in [5, 5.41) is 0.453. The third kappa shape index (κ3) is 3.26. The van der Waals surface area contributed by atoms with Crippen LogP contribution in [0.4, 0.5) is 5.69 Å². The van der Waals surface area contributed by atoms with E-state index >= 15 is 0 Å². The first-order valence-electron chi connectivity index (χ1n) is 5.94. The smallest absolute Gasteiger partial charge is 0.193 e. The molecule has 0 aromatic heterocycles. The molecule has 0 unspecified atom stereocenters. The summed E-state index contributed by atoms with van der Waals surface area (Å²) in [5.41, 5.74) is 7.21. The van der Waals surface area contributed by atoms with Crippen molar-refractivity contribution in [2.75, 3.05) is 12.3 Å². The zero-order valence-electron chi connectivity index (χ0n) is 10.5. The monoisotopic (exact) mass is 275 g/mol. The Bertz CT molecular complexity index is 573. The number of rotatable bonds is 4. The van der Waals surface area contributed by atoms with E-state index in [1.54, 1.807) is 42.5 Å². The molecular formula is C15H14ClNO2. The van der Waals surface area contributed by atoms with Crippen molar-refractivity contribution in [1.29, 1.82) is 0 Å². The average molecular weight is 276 g/mol. The molecule has 0 spiro atoms. The van der Waals surface area contributed by atoms with Gasteiger partial charge < -0.3 is 10.5 Å². The third-order valence-electron chi connectivity index (χ3n) is 2.61. The Morgan fingerprint density at radius 1 is 1.16 bits per heavy atom. The fourth-order valence-electron chi connectivity index (χ4n) is 1.78. The maximum absolute atomic E-state index is 12.3. The number of nitrogens with two attached hydrogens (primary N) is 1. The van der Waals surface area contributed by atoms with E-state index in [0.717, 1.165) is 5.75 Å². The number of ketones is 1. The topological polar surface area (TPSA) is 52.3 Å². The van der Waals surface area contributed by atoms with Gasteiger partial charge in [-0.05, 0) is 49.4 Å². The lowest BCUT2D eigenvalue weighted by molar-refractivity contribution is 0.103. The van der Waals surface area contributed by atoms with E-state index in [1.165, 1.54) is 0 Å². The molecule has 2 N–H and O–H groups in total. The largest absolute Gasteiger partial charge is 0.494 e. The molecule has 0 radical (unpaired) electrons. The zero-order valence-corrected chi connectivity index (χ0v) is 11.3. The molecule has 0 bridgehead atoms. The van der Waals surface area contributed by atoms with Crippen molar-refractivity contribution in [3.05, 3.63) is 58.6 Å². The Kier molecular flexibility index (Phi) is 4.07. The SMILES string of the molecule is CCOc1ccc(C(=O)c2cc(N)cc(Cl)c2)cc1. The van der Waals surface area contributed by atoms with Crippen molar-refractivity contribution in [3.63, 3.8) is 0 Å². The number of halogens is 1. The van der Waals surface area contributed by atoms with Gasteiger partial charge in [0.1, 0.15) is 5.75 Å². The summed E-state index contributed by atoms with van der Waals surface area (Å²) in [5.74, 6) is 0.627. The molecule has 0 saturated carbocycles. The molecule has 0 aliphatic rings. The number of hydrogen-bond acceptors (Lipinski definition) is 3. The van der Waals surface area contributed by atoms with E-state index in [9.17, 15) is 4.79 Å². The quantitative estimate of drug-likeness (QED) is 0.686. The minimum atomic E-state index is -0.114. The van der Waals surface area contributed by atoms with Crippen molar-refractivity contribution in [2.45, 2.75) is 6.92 Å². The summed E-state index contributed by atoms with van der Waals surface area (Å²) in [7, 11) is 0. The predicted molar refractivity (Wildman–Crippen MR) is 76.9 cm³/mol. The van der Waals surface area contributed by atoms with Crippen molar-refractivity contribution in [1.82, 2.24) is 0 Å². The predicted octanol–water partition coefficient (Wildman–Crippen LogP) is 3.55. The van der Waals surface area contributed by atoms with Gasteiger partial charge in [-0.25, -0.2) is 0 Å². The van der Waals surface area contributed by atoms with Gasteiger partial charge in [-0.2, -0.15) is 0 Å². The molecule has 2 rings (SSSR count). The van der Waals surface area contributed by atoms with E-state index < -0.39 is 0 Å². The Balaban J connectivity index is 2.28. The second-order valence-corrected chi connectivity index (χ2v) is 4.50. The highest BCUT2D eigenvalue weighted by molar-refractivity contribution is 6.31. The lowest BCUT2D eigenvalue weighted by Gasteiger charge is -2.06. The first kappa shape index (κ1) is 13.4. The van der Waals surface area contributed by atoms with Crippen LogP contribution >= 0.6 is 11.6 Å². The highest BCUT2D eigenvalue weighted by Crippen LogP contribution is 2.20. The summed E-state index contributed by atoms with van der Waals surface area (Å²) in [6.45, 7) is 2.51. The van der Waals surface area contributed by atoms with Crippen molar-refractivity contribution in [2.24, 2.45) is 0 Å². The van der Waals surface area contributed by atoms with Gasteiger partial charge in [0.15, 0.2) is 5.78 Å². The second-order valence-electron chi connectivity index (χ2n) is 4.06. The number of carbonyl (C=O) groups is 1. The fraction of sp³-hybridized carbons (Fsp3) is 0.133. The molecular weight excluding hydrogens is 262 g/mol. The Hall–Kier alpha value is -2.00. The van der Waals surface area contributed by atoms with Crippen LogP contribution in [0.5, 0.6) is 5.75 Å². The fourth-order valence-corrected chi connectivity index (χ4v) is 2.02. The Labute approximate surface area is 117 Å². The van der Waals surface area contributed by atoms with Gasteiger partial charge in [0.25, 0.3) is 0 Å². The van der Waals surface area contributed by atoms with E-state index in [-0.39, 0.29) is 5.78 Å². The normalized spacial score (nSPS) is 10.2. The van der Waals surface area contributed by atoms with Gasteiger partial charge in [0, 0.05) is 21.8 Å². The zero-order chi connectivity index (χ0) is 13.8. The maximum Gasteiger partial charge on any atom is 0.193 e. The molecule has 0 heterocycles. The van der Waals surface area contributed by atoms with Gasteiger partial charge >= 0.3 is 0 Å². The molecule has 3 nitrogen and oxygen atoms in total. The molecule has 4 heteroatoms. The highest BCUT2D eigenvalue weighted by atomic mass is 35.5. The minimum absolute atomic E-state index is 0.114. The summed E-state index contributed by atoms with van der Waals surface area (Å²) in [6.07, 6.45) is 0. The van der Waals surface area contributed by atoms with Gasteiger partial charge in [-0.15, -0.1) is 0 Å². The molecule has 19 heavy (non-hydrogen) atoms. The first-order valence-corrected chi connectivity index (χ1v) is 6.31. The molecule has 0 atom stereocenters. The Morgan fingerprint density at radius 3 is 2.42 bits per heavy atom. The van der Waals surface area contributed by atoms with Crippen LogP contribution < -0.4 is 10.5 Å². The summed E-state index contributed by atoms with van der Waals surface area (Å²) in [6, 6.07) is 11.8. The van der Waals surface area contributed by atoms with Crippen LogP contribution in [0.2, 0.25) is 5.02 Å². The summed E-state index contributed by atoms with van der Waals surface area (Å²) in [4.78, 5) is 12.3. The molecule has 0 saturated heterocycles. The van der Waals surface area contributed by atoms with Crippen LogP contribution in [-0.2, 0) is 0 Å². The number of hydrogen-bond donors (Lipinski definition) is 1. The molecule has 0 amide bonds. The summed E-state index contributed by atoms with van der Waals surface area (Å²) < 4.78 is 5.33. The lowest BCUT2D eigenvalue weighted by Crippen LogP contribution is -2.02. The molecule has 2 aromatic carbocycles. The first-order chi connectivity index (χ1) is 9.10. The third-order valence-corrected chi connectivity index (χ3v) is 2.83. The maximum atomic E-state index is 12.3. The van der Waals surface area contributed by atoms with Crippen molar-refractivity contribution < 1.29 is 9.53 Å². The molecule has 0 aliphatic heterocycles. The standard InChI is InChI=1S/C15H14ClNO2/c1-2-19-14-5-3-10(4-6-14)15(18)11-7-12(16)9-13(17)8-11/h3-9H,2,17H2,1H3. The highest BCUT2D eigenvalue weighted by Gasteiger charge is 2.10. The van der Waals surface area contributed by atoms with E-state index in [0.29, 0.717) is 28.4 Å². The number of nitrogen functional groups attached to an aromatic ring is 1. The average Bonchev–Trinajstić information content (AvgIpc) is 2.38. The molecule has 2 aromatic rings. The molecule has 98 valence electrons. The van der Waals surface area contributed by atoms with Gasteiger partial charge in [-0.3, -0.25) is 4.79 Å². The van der Waals surface area contributed by atoms with E-state index in [2.05, 4.69) is 0 Å². The van der Waals surface area contributed by atoms with Crippen LogP contribution in [0.25, 0.3) is 0 Å².